The van der Waals surface area contributed by atoms with E-state index in [2.05, 4.69) is 25.5 Å². The number of thiophene rings is 1. The second kappa shape index (κ2) is 8.38. The van der Waals surface area contributed by atoms with Crippen molar-refractivity contribution in [3.05, 3.63) is 35.1 Å². The zero-order valence-electron chi connectivity index (χ0n) is 18.0. The number of benzene rings is 1. The summed E-state index contributed by atoms with van der Waals surface area (Å²) in [6.07, 6.45) is 7.17. The van der Waals surface area contributed by atoms with E-state index in [1.54, 1.807) is 23.9 Å². The lowest BCUT2D eigenvalue weighted by atomic mass is 9.85. The Balaban J connectivity index is 1.50. The topological polar surface area (TPSA) is 113 Å². The number of carbonyl (C=O) groups is 1. The first-order valence-corrected chi connectivity index (χ1v) is 11.7. The van der Waals surface area contributed by atoms with Crippen LogP contribution < -0.4 is 10.1 Å². The molecule has 9 heteroatoms. The molecule has 0 saturated carbocycles. The van der Waals surface area contributed by atoms with E-state index in [0.29, 0.717) is 5.92 Å². The van der Waals surface area contributed by atoms with Crippen molar-refractivity contribution in [1.82, 2.24) is 20.2 Å². The summed E-state index contributed by atoms with van der Waals surface area (Å²) in [5, 5.41) is 21.7. The van der Waals surface area contributed by atoms with Crippen LogP contribution in [-0.4, -0.2) is 37.3 Å². The second-order valence-corrected chi connectivity index (χ2v) is 9.63. The lowest BCUT2D eigenvalue weighted by Gasteiger charge is -2.22. The number of fused-ring (bicyclic) bond motifs is 4. The Hall–Kier alpha value is -3.20. The van der Waals surface area contributed by atoms with Gasteiger partial charge in [-0.15, -0.1) is 11.3 Å². The van der Waals surface area contributed by atoms with Crippen molar-refractivity contribution in [3.8, 4) is 5.75 Å². The zero-order chi connectivity index (χ0) is 22.2. The van der Waals surface area contributed by atoms with Gasteiger partial charge in [0.15, 0.2) is 0 Å². The normalized spacial score (nSPS) is 15.9. The largest absolute Gasteiger partial charge is 0.489 e. The van der Waals surface area contributed by atoms with E-state index in [0.717, 1.165) is 64.1 Å². The summed E-state index contributed by atoms with van der Waals surface area (Å²) < 4.78 is 6.06. The quantitative estimate of drug-likeness (QED) is 0.359. The minimum absolute atomic E-state index is 0.0259. The van der Waals surface area contributed by atoms with E-state index < -0.39 is 5.97 Å². The second-order valence-electron chi connectivity index (χ2n) is 8.54. The Morgan fingerprint density at radius 1 is 1.38 bits per heavy atom. The Bertz CT molecular complexity index is 1300. The molecule has 0 saturated heterocycles. The minimum atomic E-state index is -0.724. The molecular formula is C23H25N5O3S. The lowest BCUT2D eigenvalue weighted by Crippen LogP contribution is -2.14. The molecule has 0 amide bonds. The van der Waals surface area contributed by atoms with Crippen LogP contribution in [0.3, 0.4) is 0 Å². The number of nitrogens with one attached hydrogen (secondary N) is 2. The highest BCUT2D eigenvalue weighted by Crippen LogP contribution is 2.42. The third kappa shape index (κ3) is 4.00. The van der Waals surface area contributed by atoms with Crippen LogP contribution >= 0.6 is 11.3 Å². The molecule has 1 aromatic carbocycles. The van der Waals surface area contributed by atoms with Gasteiger partial charge in [0, 0.05) is 22.8 Å². The highest BCUT2D eigenvalue weighted by atomic mass is 32.1. The van der Waals surface area contributed by atoms with Crippen molar-refractivity contribution in [2.45, 2.75) is 52.1 Å². The van der Waals surface area contributed by atoms with Crippen molar-refractivity contribution < 1.29 is 14.6 Å². The SMILES string of the molecule is CC(C)Oc1cc2[nH]ncc2cc1Nc1ncnc2sc3c(c12)CCC(CCC(=O)O)C3. The summed E-state index contributed by atoms with van der Waals surface area (Å²) >= 11 is 1.70. The molecule has 1 aliphatic rings. The van der Waals surface area contributed by atoms with Gasteiger partial charge in [-0.3, -0.25) is 9.89 Å². The van der Waals surface area contributed by atoms with Crippen LogP contribution in [0.1, 0.15) is 43.6 Å². The van der Waals surface area contributed by atoms with Gasteiger partial charge in [-0.2, -0.15) is 5.10 Å². The molecule has 32 heavy (non-hydrogen) atoms. The molecule has 0 bridgehead atoms. The van der Waals surface area contributed by atoms with Crippen molar-refractivity contribution in [2.24, 2.45) is 5.92 Å². The van der Waals surface area contributed by atoms with Crippen LogP contribution in [0.4, 0.5) is 11.5 Å². The number of anilines is 2. The number of aliphatic carboxylic acids is 1. The molecule has 166 valence electrons. The fraction of sp³-hybridized carbons (Fsp3) is 0.391. The lowest BCUT2D eigenvalue weighted by molar-refractivity contribution is -0.137. The number of carboxylic acids is 1. The van der Waals surface area contributed by atoms with E-state index in [1.807, 2.05) is 26.0 Å². The van der Waals surface area contributed by atoms with Gasteiger partial charge >= 0.3 is 5.97 Å². The number of hydrogen-bond acceptors (Lipinski definition) is 7. The number of aromatic nitrogens is 4. The van der Waals surface area contributed by atoms with Crippen LogP contribution in [0.15, 0.2) is 24.7 Å². The monoisotopic (exact) mass is 451 g/mol. The maximum atomic E-state index is 11.0. The van der Waals surface area contributed by atoms with Gasteiger partial charge in [-0.25, -0.2) is 9.97 Å². The maximum absolute atomic E-state index is 11.0. The molecule has 0 aliphatic heterocycles. The molecule has 0 spiro atoms. The molecule has 1 unspecified atom stereocenters. The van der Waals surface area contributed by atoms with E-state index >= 15 is 0 Å². The Morgan fingerprint density at radius 3 is 3.06 bits per heavy atom. The minimum Gasteiger partial charge on any atom is -0.489 e. The van der Waals surface area contributed by atoms with Gasteiger partial charge in [-0.1, -0.05) is 0 Å². The first kappa shape index (κ1) is 20.7. The van der Waals surface area contributed by atoms with Gasteiger partial charge in [0.05, 0.1) is 28.9 Å². The van der Waals surface area contributed by atoms with Crippen LogP contribution in [0.5, 0.6) is 5.75 Å². The number of ether oxygens (including phenoxy) is 1. The molecule has 1 aliphatic carbocycles. The van der Waals surface area contributed by atoms with E-state index in [9.17, 15) is 4.79 Å². The summed E-state index contributed by atoms with van der Waals surface area (Å²) in [5.74, 6) is 1.19. The standard InChI is InChI=1S/C23H25N5O3S/c1-12(2)31-18-9-16-14(10-26-28-16)8-17(18)27-22-21-15-5-3-13(4-6-20(29)30)7-19(15)32-23(21)25-11-24-22/h8-13H,3-7H2,1-2H3,(H,26,28)(H,29,30)(H,24,25,27). The van der Waals surface area contributed by atoms with Crippen molar-refractivity contribution in [3.63, 3.8) is 0 Å². The van der Waals surface area contributed by atoms with Crippen molar-refractivity contribution in [1.29, 1.82) is 0 Å². The van der Waals surface area contributed by atoms with Gasteiger partial charge in [0.2, 0.25) is 0 Å². The van der Waals surface area contributed by atoms with Gasteiger partial charge in [0.1, 0.15) is 22.7 Å². The Kier molecular flexibility index (Phi) is 5.42. The van der Waals surface area contributed by atoms with Crippen LogP contribution in [0, 0.1) is 5.92 Å². The molecule has 3 heterocycles. The maximum Gasteiger partial charge on any atom is 0.303 e. The Labute approximate surface area is 189 Å². The van der Waals surface area contributed by atoms with Gasteiger partial charge in [-0.05, 0) is 57.1 Å². The first-order chi connectivity index (χ1) is 15.5. The van der Waals surface area contributed by atoms with Crippen molar-refractivity contribution >= 4 is 49.9 Å². The zero-order valence-corrected chi connectivity index (χ0v) is 18.8. The Morgan fingerprint density at radius 2 is 2.25 bits per heavy atom. The first-order valence-electron chi connectivity index (χ1n) is 10.9. The highest BCUT2D eigenvalue weighted by Gasteiger charge is 2.26. The van der Waals surface area contributed by atoms with Crippen LogP contribution in [0.2, 0.25) is 0 Å². The number of H-pyrrole nitrogens is 1. The highest BCUT2D eigenvalue weighted by molar-refractivity contribution is 7.19. The number of carboxylic acid groups (broad SMARTS) is 1. The molecule has 1 atom stereocenters. The van der Waals surface area contributed by atoms with E-state index in [1.165, 1.54) is 10.4 Å². The molecular weight excluding hydrogens is 426 g/mol. The predicted octanol–water partition coefficient (Wildman–Crippen LogP) is 5.07. The predicted molar refractivity (Wildman–Crippen MR) is 125 cm³/mol. The fourth-order valence-corrected chi connectivity index (χ4v) is 5.70. The smallest absolute Gasteiger partial charge is 0.303 e. The third-order valence-electron chi connectivity index (χ3n) is 5.87. The molecule has 4 aromatic rings. The van der Waals surface area contributed by atoms with E-state index in [-0.39, 0.29) is 12.5 Å². The summed E-state index contributed by atoms with van der Waals surface area (Å²) in [5.41, 5.74) is 3.04. The number of rotatable bonds is 7. The van der Waals surface area contributed by atoms with E-state index in [4.69, 9.17) is 9.84 Å². The summed E-state index contributed by atoms with van der Waals surface area (Å²) in [7, 11) is 0. The molecule has 0 fully saturated rings. The summed E-state index contributed by atoms with van der Waals surface area (Å²) in [6.45, 7) is 4.00. The molecule has 8 nitrogen and oxygen atoms in total. The number of hydrogen-bond donors (Lipinski definition) is 3. The summed E-state index contributed by atoms with van der Waals surface area (Å²) in [4.78, 5) is 22.3. The number of nitrogens with zero attached hydrogens (tertiary/aromatic N) is 3. The number of aryl methyl sites for hydroxylation is 1. The molecule has 3 aromatic heterocycles. The number of aromatic amines is 1. The van der Waals surface area contributed by atoms with Crippen molar-refractivity contribution in [2.75, 3.05) is 5.32 Å². The fourth-order valence-electron chi connectivity index (χ4n) is 4.40. The third-order valence-corrected chi connectivity index (χ3v) is 7.03. The van der Waals surface area contributed by atoms with Crippen LogP contribution in [-0.2, 0) is 17.6 Å². The average Bonchev–Trinajstić information content (AvgIpc) is 3.35. The average molecular weight is 452 g/mol. The summed E-state index contributed by atoms with van der Waals surface area (Å²) in [6, 6.07) is 3.98. The van der Waals surface area contributed by atoms with Gasteiger partial charge < -0.3 is 15.2 Å². The molecule has 5 rings (SSSR count). The van der Waals surface area contributed by atoms with Gasteiger partial charge in [0.25, 0.3) is 0 Å². The molecule has 3 N–H and O–H groups in total. The van der Waals surface area contributed by atoms with Crippen LogP contribution in [0.25, 0.3) is 21.1 Å². The molecule has 0 radical (unpaired) electrons.